The molecule has 0 unspecified atom stereocenters. The summed E-state index contributed by atoms with van der Waals surface area (Å²) in [6.45, 7) is 0.877. The number of nitrogens with zero attached hydrogens (tertiary/aromatic N) is 3. The van der Waals surface area contributed by atoms with Crippen LogP contribution in [0.3, 0.4) is 0 Å². The summed E-state index contributed by atoms with van der Waals surface area (Å²) in [6, 6.07) is 12.8. The van der Waals surface area contributed by atoms with Crippen molar-refractivity contribution in [2.24, 2.45) is 5.73 Å². The van der Waals surface area contributed by atoms with Gasteiger partial charge in [-0.3, -0.25) is 14.3 Å². The average Bonchev–Trinajstić information content (AvgIpc) is 3.85. The lowest BCUT2D eigenvalue weighted by atomic mass is 9.87. The highest BCUT2D eigenvalue weighted by molar-refractivity contribution is 6.00. The molecule has 0 saturated heterocycles. The van der Waals surface area contributed by atoms with Crippen LogP contribution >= 0.6 is 0 Å². The summed E-state index contributed by atoms with van der Waals surface area (Å²) >= 11 is 0. The number of benzene rings is 3. The molecule has 1 atom stereocenters. The number of halogens is 5. The molecule has 10 nitrogen and oxygen atoms in total. The third-order valence-electron chi connectivity index (χ3n) is 8.49. The van der Waals surface area contributed by atoms with Crippen molar-refractivity contribution >= 4 is 22.7 Å². The smallest absolute Gasteiger partial charge is 0.419 e. The van der Waals surface area contributed by atoms with Crippen LogP contribution in [0.5, 0.6) is 11.5 Å². The molecule has 5 aromatic rings. The minimum Gasteiger partial charge on any atom is -0.494 e. The summed E-state index contributed by atoms with van der Waals surface area (Å²) in [5, 5.41) is 20.4. The number of nitrogens with two attached hydrogens (primary N) is 1. The van der Waals surface area contributed by atoms with E-state index in [0.29, 0.717) is 16.7 Å². The van der Waals surface area contributed by atoms with E-state index in [1.54, 1.807) is 24.3 Å². The van der Waals surface area contributed by atoms with Gasteiger partial charge in [-0.2, -0.15) is 18.3 Å². The normalized spacial score (nSPS) is 14.3. The Bertz CT molecular complexity index is 2140. The second-order valence-corrected chi connectivity index (χ2v) is 12.1. The second kappa shape index (κ2) is 13.6. The molecular weight excluding hydrogens is 677 g/mol. The van der Waals surface area contributed by atoms with E-state index in [1.165, 1.54) is 38.3 Å². The van der Waals surface area contributed by atoms with E-state index in [-0.39, 0.29) is 52.9 Å². The molecule has 1 aliphatic carbocycles. The van der Waals surface area contributed by atoms with Gasteiger partial charge in [0, 0.05) is 34.3 Å². The number of aromatic nitrogens is 3. The number of rotatable bonds is 12. The molecule has 15 heteroatoms. The largest absolute Gasteiger partial charge is 0.494 e. The fourth-order valence-electron chi connectivity index (χ4n) is 5.85. The number of hydrogen-bond acceptors (Lipinski definition) is 7. The van der Waals surface area contributed by atoms with Gasteiger partial charge >= 0.3 is 6.18 Å². The third-order valence-corrected chi connectivity index (χ3v) is 8.49. The van der Waals surface area contributed by atoms with Gasteiger partial charge in [0.15, 0.2) is 0 Å². The van der Waals surface area contributed by atoms with Crippen molar-refractivity contribution < 1.29 is 46.1 Å². The van der Waals surface area contributed by atoms with Gasteiger partial charge in [0.2, 0.25) is 5.91 Å². The van der Waals surface area contributed by atoms with Crippen LogP contribution in [0.15, 0.2) is 66.9 Å². The zero-order chi connectivity index (χ0) is 36.7. The summed E-state index contributed by atoms with van der Waals surface area (Å²) in [4.78, 5) is 30.3. The van der Waals surface area contributed by atoms with E-state index in [0.717, 1.165) is 12.8 Å². The minimum atomic E-state index is -5.21. The SMILES string of the molecule is CCOc1c(CC(N)=O)cc([C@@](O)(CNC(=O)c2cc(OC)c3nn(C4CC4)cc3c2)c2ccccc2)nc1-c1cc(C(F)(F)F)c(F)cc1F. The Labute approximate surface area is 288 Å². The monoisotopic (exact) mass is 709 g/mol. The number of methoxy groups -OCH3 is 1. The first-order valence-electron chi connectivity index (χ1n) is 15.9. The van der Waals surface area contributed by atoms with E-state index >= 15 is 4.39 Å². The Morgan fingerprint density at radius 1 is 1.06 bits per heavy atom. The van der Waals surface area contributed by atoms with E-state index in [1.807, 2.05) is 10.9 Å². The summed E-state index contributed by atoms with van der Waals surface area (Å²) in [5.74, 6) is -4.74. The topological polar surface area (TPSA) is 142 Å². The van der Waals surface area contributed by atoms with E-state index in [4.69, 9.17) is 15.2 Å². The molecule has 1 fully saturated rings. The zero-order valence-corrected chi connectivity index (χ0v) is 27.4. The molecule has 1 saturated carbocycles. The predicted octanol–water partition coefficient (Wildman–Crippen LogP) is 5.83. The van der Waals surface area contributed by atoms with Crippen LogP contribution < -0.4 is 20.5 Å². The van der Waals surface area contributed by atoms with Gasteiger partial charge in [0.05, 0.1) is 44.0 Å². The zero-order valence-electron chi connectivity index (χ0n) is 27.4. The number of ether oxygens (including phenoxy) is 2. The first-order valence-corrected chi connectivity index (χ1v) is 15.9. The number of amides is 2. The molecule has 2 amide bonds. The highest BCUT2D eigenvalue weighted by Gasteiger charge is 2.39. The molecule has 0 bridgehead atoms. The van der Waals surface area contributed by atoms with Gasteiger partial charge in [-0.05, 0) is 49.6 Å². The summed E-state index contributed by atoms with van der Waals surface area (Å²) in [6.07, 6.45) is -1.97. The molecule has 1 aliphatic rings. The van der Waals surface area contributed by atoms with Crippen molar-refractivity contribution in [2.45, 2.75) is 44.0 Å². The van der Waals surface area contributed by atoms with Gasteiger partial charge in [-0.1, -0.05) is 30.3 Å². The molecule has 266 valence electrons. The molecule has 0 spiro atoms. The lowest BCUT2D eigenvalue weighted by Crippen LogP contribution is -2.42. The van der Waals surface area contributed by atoms with Crippen LogP contribution in [0.25, 0.3) is 22.2 Å². The number of hydrogen-bond donors (Lipinski definition) is 3. The molecular formula is C36H32F5N5O5. The number of aliphatic hydroxyl groups is 1. The van der Waals surface area contributed by atoms with Crippen molar-refractivity contribution in [1.29, 1.82) is 0 Å². The lowest BCUT2D eigenvalue weighted by Gasteiger charge is -2.30. The second-order valence-electron chi connectivity index (χ2n) is 12.1. The number of alkyl halides is 3. The Morgan fingerprint density at radius 3 is 2.41 bits per heavy atom. The van der Waals surface area contributed by atoms with Crippen LogP contribution in [-0.2, 0) is 23.0 Å². The van der Waals surface area contributed by atoms with Gasteiger partial charge in [-0.25, -0.2) is 13.8 Å². The van der Waals surface area contributed by atoms with Gasteiger partial charge in [0.25, 0.3) is 5.91 Å². The van der Waals surface area contributed by atoms with E-state index < -0.39 is 65.0 Å². The molecule has 2 heterocycles. The molecule has 4 N–H and O–H groups in total. The first-order chi connectivity index (χ1) is 24.2. The maximum absolute atomic E-state index is 15.4. The van der Waals surface area contributed by atoms with E-state index in [2.05, 4.69) is 15.4 Å². The molecule has 0 radical (unpaired) electrons. The minimum absolute atomic E-state index is 0.0508. The summed E-state index contributed by atoms with van der Waals surface area (Å²) in [5.41, 5.74) is 0.678. The number of fused-ring (bicyclic) bond motifs is 1. The molecule has 51 heavy (non-hydrogen) atoms. The highest BCUT2D eigenvalue weighted by Crippen LogP contribution is 2.42. The maximum Gasteiger partial charge on any atom is 0.419 e. The standard InChI is InChI=1S/C36H32F5N5O5/c1-3-51-33-19(14-30(42)47)13-29(44-32(33)24-15-25(36(39,40)41)27(38)16-26(24)37)35(49,22-7-5-4-6-8-22)18-43-34(48)20-11-21-17-46(23-9-10-23)45-31(21)28(12-20)50-2/h4-8,11-13,15-17,23,49H,3,9-10,14,18H2,1-2H3,(H2,42,47)(H,43,48)/t35-/m1/s1. The fourth-order valence-corrected chi connectivity index (χ4v) is 5.85. The molecule has 0 aliphatic heterocycles. The maximum atomic E-state index is 15.4. The highest BCUT2D eigenvalue weighted by atomic mass is 19.4. The number of carbonyl (C=O) groups is 2. The predicted molar refractivity (Wildman–Crippen MR) is 175 cm³/mol. The Kier molecular flexibility index (Phi) is 9.42. The van der Waals surface area contributed by atoms with Crippen molar-refractivity contribution in [3.8, 4) is 22.8 Å². The van der Waals surface area contributed by atoms with Gasteiger partial charge in [-0.15, -0.1) is 0 Å². The van der Waals surface area contributed by atoms with Crippen molar-refractivity contribution in [2.75, 3.05) is 20.3 Å². The van der Waals surface area contributed by atoms with Crippen LogP contribution in [0, 0.1) is 11.6 Å². The molecule has 2 aromatic heterocycles. The quantitative estimate of drug-likeness (QED) is 0.139. The van der Waals surface area contributed by atoms with Gasteiger partial charge < -0.3 is 25.6 Å². The number of carbonyl (C=O) groups excluding carboxylic acids is 2. The van der Waals surface area contributed by atoms with Crippen LogP contribution in [-0.4, -0.2) is 51.9 Å². The Morgan fingerprint density at radius 2 is 1.78 bits per heavy atom. The van der Waals surface area contributed by atoms with Gasteiger partial charge in [0.1, 0.15) is 39.9 Å². The number of pyridine rings is 1. The van der Waals surface area contributed by atoms with Crippen molar-refractivity contribution in [3.63, 3.8) is 0 Å². The lowest BCUT2D eigenvalue weighted by molar-refractivity contribution is -0.140. The van der Waals surface area contributed by atoms with E-state index in [9.17, 15) is 32.3 Å². The fraction of sp³-hybridized carbons (Fsp3) is 0.278. The first kappa shape index (κ1) is 35.3. The Balaban J connectivity index is 1.48. The Hall–Kier alpha value is -5.57. The van der Waals surface area contributed by atoms with Crippen LogP contribution in [0.1, 0.15) is 58.5 Å². The number of nitrogens with one attached hydrogen (secondary N) is 1. The van der Waals surface area contributed by atoms with Crippen LogP contribution in [0.4, 0.5) is 22.0 Å². The average molecular weight is 710 g/mol. The molecule has 6 rings (SSSR count). The number of primary amides is 1. The summed E-state index contributed by atoms with van der Waals surface area (Å²) < 4.78 is 84.1. The summed E-state index contributed by atoms with van der Waals surface area (Å²) in [7, 11) is 1.45. The molecule has 3 aromatic carbocycles. The van der Waals surface area contributed by atoms with Crippen molar-refractivity contribution in [1.82, 2.24) is 20.1 Å². The third kappa shape index (κ3) is 7.06. The van der Waals surface area contributed by atoms with Crippen molar-refractivity contribution in [3.05, 3.63) is 106 Å². The van der Waals surface area contributed by atoms with Crippen LogP contribution in [0.2, 0.25) is 0 Å².